The highest BCUT2D eigenvalue weighted by molar-refractivity contribution is 5.91. The van der Waals surface area contributed by atoms with E-state index in [-0.39, 0.29) is 24.2 Å². The molecule has 0 aliphatic carbocycles. The van der Waals surface area contributed by atoms with Crippen molar-refractivity contribution in [3.8, 4) is 11.8 Å². The van der Waals surface area contributed by atoms with Crippen molar-refractivity contribution in [3.05, 3.63) is 77.9 Å². The summed E-state index contributed by atoms with van der Waals surface area (Å²) in [6, 6.07) is 13.6. The summed E-state index contributed by atoms with van der Waals surface area (Å²) >= 11 is 0. The summed E-state index contributed by atoms with van der Waals surface area (Å²) in [4.78, 5) is 20.2. The van der Waals surface area contributed by atoms with Crippen molar-refractivity contribution in [1.82, 2.24) is 9.97 Å². The summed E-state index contributed by atoms with van der Waals surface area (Å²) in [6.45, 7) is 1.88. The van der Waals surface area contributed by atoms with E-state index in [0.717, 1.165) is 11.1 Å². The first-order chi connectivity index (χ1) is 12.6. The molecule has 3 aromatic rings. The van der Waals surface area contributed by atoms with Crippen molar-refractivity contribution in [2.45, 2.75) is 19.8 Å². The van der Waals surface area contributed by atoms with E-state index >= 15 is 0 Å². The van der Waals surface area contributed by atoms with Gasteiger partial charge in [0.1, 0.15) is 11.6 Å². The number of hydrogen-bond donors (Lipinski definition) is 1. The van der Waals surface area contributed by atoms with Gasteiger partial charge in [0.2, 0.25) is 5.91 Å². The third kappa shape index (κ3) is 4.86. The number of ether oxygens (including phenoxy) is 1. The number of halogens is 1. The first-order valence-corrected chi connectivity index (χ1v) is 8.20. The number of rotatable bonds is 6. The molecule has 0 radical (unpaired) electrons. The fourth-order valence-electron chi connectivity index (χ4n) is 2.45. The Balaban J connectivity index is 1.58. The van der Waals surface area contributed by atoms with E-state index in [1.54, 1.807) is 48.8 Å². The molecule has 5 nitrogen and oxygen atoms in total. The Morgan fingerprint density at radius 2 is 1.92 bits per heavy atom. The molecular formula is C20H18FN3O2. The zero-order valence-corrected chi connectivity index (χ0v) is 14.3. The van der Waals surface area contributed by atoms with Gasteiger partial charge < -0.3 is 10.1 Å². The van der Waals surface area contributed by atoms with Crippen molar-refractivity contribution in [2.75, 3.05) is 5.32 Å². The second kappa shape index (κ2) is 8.20. The summed E-state index contributed by atoms with van der Waals surface area (Å²) in [5.74, 6) is 0.167. The Hall–Kier alpha value is -3.28. The van der Waals surface area contributed by atoms with Crippen molar-refractivity contribution < 1.29 is 13.9 Å². The standard InChI is InChI=1S/C20H18FN3O2/c1-14-12-17(26-20-22-10-3-11-23-20)7-8-18(14)24-19(25)9-6-15-4-2-5-16(21)13-15/h2-5,7-8,10-13H,6,9H2,1H3,(H,24,25). The molecule has 0 saturated heterocycles. The van der Waals surface area contributed by atoms with Crippen LogP contribution in [0.5, 0.6) is 11.8 Å². The minimum atomic E-state index is -0.295. The number of nitrogens with zero attached hydrogens (tertiary/aromatic N) is 2. The van der Waals surface area contributed by atoms with Gasteiger partial charge >= 0.3 is 6.01 Å². The number of carbonyl (C=O) groups is 1. The van der Waals surface area contributed by atoms with Gasteiger partial charge in [0.05, 0.1) is 0 Å². The van der Waals surface area contributed by atoms with E-state index in [4.69, 9.17) is 4.74 Å². The van der Waals surface area contributed by atoms with Crippen LogP contribution in [0.15, 0.2) is 60.9 Å². The number of amides is 1. The zero-order chi connectivity index (χ0) is 18.4. The van der Waals surface area contributed by atoms with E-state index in [9.17, 15) is 9.18 Å². The first-order valence-electron chi connectivity index (χ1n) is 8.20. The maximum Gasteiger partial charge on any atom is 0.321 e. The predicted octanol–water partition coefficient (Wildman–Crippen LogP) is 4.29. The first kappa shape index (κ1) is 17.5. The summed E-state index contributed by atoms with van der Waals surface area (Å²) < 4.78 is 18.7. The lowest BCUT2D eigenvalue weighted by Crippen LogP contribution is -2.13. The van der Waals surface area contributed by atoms with Gasteiger partial charge in [0, 0.05) is 24.5 Å². The van der Waals surface area contributed by atoms with Crippen LogP contribution in [0.3, 0.4) is 0 Å². The molecule has 0 aliphatic heterocycles. The van der Waals surface area contributed by atoms with Crippen molar-refractivity contribution in [2.24, 2.45) is 0 Å². The fourth-order valence-corrected chi connectivity index (χ4v) is 2.45. The lowest BCUT2D eigenvalue weighted by Gasteiger charge is -2.10. The molecule has 26 heavy (non-hydrogen) atoms. The van der Waals surface area contributed by atoms with Gasteiger partial charge in [-0.3, -0.25) is 4.79 Å². The van der Waals surface area contributed by atoms with E-state index in [1.165, 1.54) is 12.1 Å². The largest absolute Gasteiger partial charge is 0.424 e. The Morgan fingerprint density at radius 3 is 2.65 bits per heavy atom. The fraction of sp³-hybridized carbons (Fsp3) is 0.150. The average Bonchev–Trinajstić information content (AvgIpc) is 2.63. The highest BCUT2D eigenvalue weighted by Gasteiger charge is 2.08. The maximum absolute atomic E-state index is 13.2. The van der Waals surface area contributed by atoms with E-state index in [2.05, 4.69) is 15.3 Å². The molecule has 0 bridgehead atoms. The highest BCUT2D eigenvalue weighted by Crippen LogP contribution is 2.24. The van der Waals surface area contributed by atoms with E-state index in [0.29, 0.717) is 17.9 Å². The summed E-state index contributed by atoms with van der Waals surface area (Å²) in [6.07, 6.45) is 3.96. The number of aromatic nitrogens is 2. The molecule has 1 heterocycles. The van der Waals surface area contributed by atoms with Gasteiger partial charge in [-0.05, 0) is 60.9 Å². The number of benzene rings is 2. The smallest absolute Gasteiger partial charge is 0.321 e. The van der Waals surface area contributed by atoms with Crippen molar-refractivity contribution in [3.63, 3.8) is 0 Å². The van der Waals surface area contributed by atoms with Crippen LogP contribution in [0, 0.1) is 12.7 Å². The topological polar surface area (TPSA) is 64.1 Å². The molecule has 0 spiro atoms. The molecule has 1 aromatic heterocycles. The van der Waals surface area contributed by atoms with Gasteiger partial charge in [-0.15, -0.1) is 0 Å². The monoisotopic (exact) mass is 351 g/mol. The van der Waals surface area contributed by atoms with Crippen molar-refractivity contribution >= 4 is 11.6 Å². The van der Waals surface area contributed by atoms with Crippen LogP contribution in [0.2, 0.25) is 0 Å². The molecule has 132 valence electrons. The minimum absolute atomic E-state index is 0.127. The number of anilines is 1. The van der Waals surface area contributed by atoms with E-state index < -0.39 is 0 Å². The van der Waals surface area contributed by atoms with Gasteiger partial charge in [-0.2, -0.15) is 0 Å². The Morgan fingerprint density at radius 1 is 1.12 bits per heavy atom. The highest BCUT2D eigenvalue weighted by atomic mass is 19.1. The lowest BCUT2D eigenvalue weighted by molar-refractivity contribution is -0.116. The Bertz CT molecular complexity index is 901. The molecule has 3 rings (SSSR count). The number of nitrogens with one attached hydrogen (secondary N) is 1. The Labute approximate surface area is 150 Å². The molecule has 1 N–H and O–H groups in total. The molecule has 0 atom stereocenters. The molecule has 2 aromatic carbocycles. The third-order valence-electron chi connectivity index (χ3n) is 3.75. The van der Waals surface area contributed by atoms with Crippen LogP contribution in [-0.4, -0.2) is 15.9 Å². The molecule has 6 heteroatoms. The second-order valence-corrected chi connectivity index (χ2v) is 5.79. The SMILES string of the molecule is Cc1cc(Oc2ncccn2)ccc1NC(=O)CCc1cccc(F)c1. The number of hydrogen-bond acceptors (Lipinski definition) is 4. The average molecular weight is 351 g/mol. The second-order valence-electron chi connectivity index (χ2n) is 5.79. The van der Waals surface area contributed by atoms with Crippen LogP contribution in [0.25, 0.3) is 0 Å². The third-order valence-corrected chi connectivity index (χ3v) is 3.75. The van der Waals surface area contributed by atoms with Gasteiger partial charge in [-0.25, -0.2) is 14.4 Å². The van der Waals surface area contributed by atoms with Gasteiger partial charge in [-0.1, -0.05) is 12.1 Å². The minimum Gasteiger partial charge on any atom is -0.424 e. The van der Waals surface area contributed by atoms with Crippen LogP contribution in [-0.2, 0) is 11.2 Å². The number of carbonyl (C=O) groups excluding carboxylic acids is 1. The van der Waals surface area contributed by atoms with Crippen LogP contribution in [0.4, 0.5) is 10.1 Å². The van der Waals surface area contributed by atoms with Crippen LogP contribution >= 0.6 is 0 Å². The normalized spacial score (nSPS) is 10.4. The van der Waals surface area contributed by atoms with E-state index in [1.807, 2.05) is 6.92 Å². The number of aryl methyl sites for hydroxylation is 2. The molecular weight excluding hydrogens is 333 g/mol. The van der Waals surface area contributed by atoms with Gasteiger partial charge in [0.15, 0.2) is 0 Å². The van der Waals surface area contributed by atoms with Gasteiger partial charge in [0.25, 0.3) is 0 Å². The predicted molar refractivity (Wildman–Crippen MR) is 96.6 cm³/mol. The van der Waals surface area contributed by atoms with Crippen molar-refractivity contribution in [1.29, 1.82) is 0 Å². The van der Waals surface area contributed by atoms with Crippen LogP contribution in [0.1, 0.15) is 17.5 Å². The lowest BCUT2D eigenvalue weighted by atomic mass is 10.1. The van der Waals surface area contributed by atoms with Crippen LogP contribution < -0.4 is 10.1 Å². The summed E-state index contributed by atoms with van der Waals surface area (Å²) in [5, 5.41) is 2.87. The molecule has 0 aliphatic rings. The molecule has 0 saturated carbocycles. The molecule has 0 unspecified atom stereocenters. The summed E-state index contributed by atoms with van der Waals surface area (Å²) in [5.41, 5.74) is 2.36. The molecule has 0 fully saturated rings. The Kier molecular flexibility index (Phi) is 5.53. The molecule has 1 amide bonds. The zero-order valence-electron chi connectivity index (χ0n) is 14.3. The quantitative estimate of drug-likeness (QED) is 0.720. The maximum atomic E-state index is 13.2. The summed E-state index contributed by atoms with van der Waals surface area (Å²) in [7, 11) is 0.